The number of benzene rings is 3. The van der Waals surface area contributed by atoms with E-state index >= 15 is 0 Å². The number of fused-ring (bicyclic) bond motifs is 5. The number of pyridine rings is 2. The van der Waals surface area contributed by atoms with Gasteiger partial charge in [-0.1, -0.05) is 56.3 Å². The predicted molar refractivity (Wildman–Crippen MR) is 132 cm³/mol. The van der Waals surface area contributed by atoms with Gasteiger partial charge in [0, 0.05) is 23.6 Å². The number of hydrogen-bond donors (Lipinski definition) is 0. The minimum Gasteiger partial charge on any atom is -0.437 e. The molecule has 3 aromatic heterocycles. The summed E-state index contributed by atoms with van der Waals surface area (Å²) < 4.78 is 17.1. The molecule has 156 valence electrons. The Morgan fingerprint density at radius 2 is 1.72 bits per heavy atom. The largest absolute Gasteiger partial charge is 0.437 e. The van der Waals surface area contributed by atoms with Gasteiger partial charge in [-0.15, -0.1) is 0 Å². The number of para-hydroxylation sites is 1. The maximum absolute atomic E-state index is 8.45. The average Bonchev–Trinajstić information content (AvgIpc) is 3.14. The van der Waals surface area contributed by atoms with Gasteiger partial charge in [0.15, 0.2) is 11.8 Å². The Bertz CT molecular complexity index is 1720. The Morgan fingerprint density at radius 1 is 0.906 bits per heavy atom. The molecule has 6 rings (SSSR count). The summed E-state index contributed by atoms with van der Waals surface area (Å²) in [5, 5.41) is 5.48. The number of aromatic nitrogens is 2. The van der Waals surface area contributed by atoms with Crippen molar-refractivity contribution in [1.82, 2.24) is 4.98 Å². The smallest absolute Gasteiger partial charge is 0.227 e. The van der Waals surface area contributed by atoms with Crippen molar-refractivity contribution in [1.29, 1.82) is 0 Å². The highest BCUT2D eigenvalue weighted by molar-refractivity contribution is 6.13. The SMILES string of the molecule is [2H]C(C)(C)c1ccc2c(-c3c(C)ccc4c3oc3nc5ccccc5cc34)[n+](C)ccc2c1. The van der Waals surface area contributed by atoms with Crippen LogP contribution in [0.15, 0.2) is 77.3 Å². The number of aryl methyl sites for hydroxylation is 2. The number of hydrogen-bond acceptors (Lipinski definition) is 2. The lowest BCUT2D eigenvalue weighted by atomic mass is 9.94. The van der Waals surface area contributed by atoms with Gasteiger partial charge in [-0.2, -0.15) is 0 Å². The van der Waals surface area contributed by atoms with Gasteiger partial charge < -0.3 is 4.42 Å². The molecule has 32 heavy (non-hydrogen) atoms. The Balaban J connectivity index is 1.71. The van der Waals surface area contributed by atoms with Gasteiger partial charge in [-0.25, -0.2) is 9.55 Å². The molecule has 3 heterocycles. The highest BCUT2D eigenvalue weighted by Crippen LogP contribution is 2.39. The minimum atomic E-state index is -0.644. The van der Waals surface area contributed by atoms with Crippen molar-refractivity contribution in [3.05, 3.63) is 84.1 Å². The molecule has 0 aliphatic heterocycles. The first-order valence-corrected chi connectivity index (χ1v) is 11.0. The van der Waals surface area contributed by atoms with Gasteiger partial charge in [0.1, 0.15) is 7.05 Å². The number of nitrogens with zero attached hydrogens (tertiary/aromatic N) is 2. The number of rotatable bonds is 2. The monoisotopic (exact) mass is 418 g/mol. The second-order valence-corrected chi connectivity index (χ2v) is 8.85. The third-order valence-corrected chi connectivity index (χ3v) is 6.50. The zero-order valence-corrected chi connectivity index (χ0v) is 18.7. The molecule has 3 heteroatoms. The van der Waals surface area contributed by atoms with E-state index in [2.05, 4.69) is 73.3 Å². The molecular weight excluding hydrogens is 392 g/mol. The zero-order valence-electron chi connectivity index (χ0n) is 19.7. The van der Waals surface area contributed by atoms with Crippen LogP contribution in [-0.2, 0) is 7.05 Å². The first kappa shape index (κ1) is 17.9. The van der Waals surface area contributed by atoms with Gasteiger partial charge in [0.25, 0.3) is 0 Å². The Kier molecular flexibility index (Phi) is 3.86. The van der Waals surface area contributed by atoms with E-state index in [1.807, 2.05) is 32.0 Å². The molecule has 0 amide bonds. The molecule has 0 bridgehead atoms. The zero-order chi connectivity index (χ0) is 22.9. The first-order valence-electron chi connectivity index (χ1n) is 11.5. The molecule has 0 fully saturated rings. The third-order valence-electron chi connectivity index (χ3n) is 6.50. The van der Waals surface area contributed by atoms with E-state index in [4.69, 9.17) is 10.8 Å². The molecule has 0 atom stereocenters. The maximum Gasteiger partial charge on any atom is 0.227 e. The molecule has 0 saturated heterocycles. The molecule has 0 saturated carbocycles. The second-order valence-electron chi connectivity index (χ2n) is 8.85. The first-order chi connectivity index (χ1) is 15.8. The summed E-state index contributed by atoms with van der Waals surface area (Å²) in [5.74, 6) is -0.644. The molecule has 0 spiro atoms. The van der Waals surface area contributed by atoms with E-state index in [0.29, 0.717) is 5.71 Å². The topological polar surface area (TPSA) is 29.9 Å². The molecule has 3 aromatic carbocycles. The normalized spacial score (nSPS) is 12.8. The molecule has 6 aromatic rings. The third kappa shape index (κ3) is 2.74. The summed E-state index contributed by atoms with van der Waals surface area (Å²) in [6.07, 6.45) is 2.09. The van der Waals surface area contributed by atoms with Gasteiger partial charge in [0.2, 0.25) is 11.4 Å². The van der Waals surface area contributed by atoms with Crippen LogP contribution in [0.5, 0.6) is 0 Å². The van der Waals surface area contributed by atoms with Gasteiger partial charge in [-0.3, -0.25) is 0 Å². The van der Waals surface area contributed by atoms with Crippen LogP contribution in [0.4, 0.5) is 0 Å². The minimum absolute atomic E-state index is 0.644. The van der Waals surface area contributed by atoms with Crippen molar-refractivity contribution in [3.63, 3.8) is 0 Å². The Hall–Kier alpha value is -3.72. The van der Waals surface area contributed by atoms with Crippen LogP contribution >= 0.6 is 0 Å². The average molecular weight is 419 g/mol. The molecule has 0 aliphatic carbocycles. The lowest BCUT2D eigenvalue weighted by Gasteiger charge is -2.11. The van der Waals surface area contributed by atoms with Gasteiger partial charge in [0.05, 0.1) is 16.5 Å². The molecule has 0 aliphatic rings. The molecule has 3 nitrogen and oxygen atoms in total. The van der Waals surface area contributed by atoms with Crippen molar-refractivity contribution in [3.8, 4) is 11.3 Å². The van der Waals surface area contributed by atoms with E-state index in [1.165, 1.54) is 0 Å². The summed E-state index contributed by atoms with van der Waals surface area (Å²) in [6, 6.07) is 23.1. The standard InChI is InChI=1S/C29H25N2O/c1-17(2)19-10-12-22-20(15-19)13-14-31(4)27(22)26-18(3)9-11-23-24-16-21-7-5-6-8-25(21)30-29(24)32-28(23)26/h5-17H,1-4H3/q+1/i17D. The predicted octanol–water partition coefficient (Wildman–Crippen LogP) is 7.21. The Labute approximate surface area is 188 Å². The van der Waals surface area contributed by atoms with E-state index in [0.717, 1.165) is 60.4 Å². The molecule has 0 radical (unpaired) electrons. The van der Waals surface area contributed by atoms with Crippen molar-refractivity contribution in [2.75, 3.05) is 0 Å². The molecular formula is C29H25N2O+. The Morgan fingerprint density at radius 3 is 2.56 bits per heavy atom. The van der Waals surface area contributed by atoms with Gasteiger partial charge in [-0.05, 0) is 47.5 Å². The summed E-state index contributed by atoms with van der Waals surface area (Å²) in [5.41, 5.74) is 6.80. The fourth-order valence-electron chi connectivity index (χ4n) is 4.75. The number of furan rings is 1. The van der Waals surface area contributed by atoms with Crippen LogP contribution < -0.4 is 4.57 Å². The summed E-state index contributed by atoms with van der Waals surface area (Å²) in [6.45, 7) is 5.98. The van der Waals surface area contributed by atoms with Crippen LogP contribution in [0.1, 0.15) is 32.2 Å². The van der Waals surface area contributed by atoms with E-state index < -0.39 is 5.89 Å². The van der Waals surface area contributed by atoms with E-state index in [1.54, 1.807) is 0 Å². The fourth-order valence-corrected chi connectivity index (χ4v) is 4.75. The summed E-state index contributed by atoms with van der Waals surface area (Å²) in [4.78, 5) is 4.81. The summed E-state index contributed by atoms with van der Waals surface area (Å²) >= 11 is 0. The van der Waals surface area contributed by atoms with Crippen molar-refractivity contribution < 1.29 is 10.4 Å². The molecule has 0 unspecified atom stereocenters. The maximum atomic E-state index is 8.45. The second kappa shape index (κ2) is 6.89. The van der Waals surface area contributed by atoms with Crippen LogP contribution in [0.3, 0.4) is 0 Å². The van der Waals surface area contributed by atoms with Crippen LogP contribution in [0.25, 0.3) is 55.0 Å². The van der Waals surface area contributed by atoms with Crippen molar-refractivity contribution >= 4 is 43.7 Å². The van der Waals surface area contributed by atoms with Crippen molar-refractivity contribution in [2.45, 2.75) is 26.7 Å². The highest BCUT2D eigenvalue weighted by atomic mass is 16.3. The van der Waals surface area contributed by atoms with Crippen LogP contribution in [-0.4, -0.2) is 4.98 Å². The summed E-state index contributed by atoms with van der Waals surface area (Å²) in [7, 11) is 2.07. The van der Waals surface area contributed by atoms with Crippen LogP contribution in [0.2, 0.25) is 0 Å². The van der Waals surface area contributed by atoms with Gasteiger partial charge >= 0.3 is 0 Å². The lowest BCUT2D eigenvalue weighted by molar-refractivity contribution is -0.659. The highest BCUT2D eigenvalue weighted by Gasteiger charge is 2.24. The quantitative estimate of drug-likeness (QED) is 0.278. The lowest BCUT2D eigenvalue weighted by Crippen LogP contribution is -2.30. The van der Waals surface area contributed by atoms with E-state index in [9.17, 15) is 0 Å². The van der Waals surface area contributed by atoms with E-state index in [-0.39, 0.29) is 0 Å². The molecule has 0 N–H and O–H groups in total. The van der Waals surface area contributed by atoms with Crippen molar-refractivity contribution in [2.24, 2.45) is 7.05 Å². The fraction of sp³-hybridized carbons (Fsp3) is 0.172. The van der Waals surface area contributed by atoms with Crippen LogP contribution in [0, 0.1) is 6.92 Å².